The van der Waals surface area contributed by atoms with Gasteiger partial charge in [-0.25, -0.2) is 4.68 Å². The molecule has 1 unspecified atom stereocenters. The van der Waals surface area contributed by atoms with E-state index in [2.05, 4.69) is 10.3 Å². The van der Waals surface area contributed by atoms with Crippen molar-refractivity contribution in [2.24, 2.45) is 0 Å². The van der Waals surface area contributed by atoms with Gasteiger partial charge in [-0.2, -0.15) is 4.39 Å². The molecule has 0 saturated heterocycles. The molecule has 20 heavy (non-hydrogen) atoms. The zero-order valence-electron chi connectivity index (χ0n) is 10.7. The molecule has 6 nitrogen and oxygen atoms in total. The monoisotopic (exact) mass is 298 g/mol. The molecular formula is C12H12ClFN4O2. The Kier molecular flexibility index (Phi) is 4.29. The predicted octanol–water partition coefficient (Wildman–Crippen LogP) is 3.06. The van der Waals surface area contributed by atoms with Crippen LogP contribution < -0.4 is 0 Å². The average Bonchev–Trinajstić information content (AvgIpc) is 2.88. The molecule has 1 aromatic heterocycles. The van der Waals surface area contributed by atoms with E-state index in [9.17, 15) is 14.5 Å². The number of nitro benzene ring substituents is 1. The summed E-state index contributed by atoms with van der Waals surface area (Å²) in [5, 5.41) is 18.2. The fourth-order valence-corrected chi connectivity index (χ4v) is 1.85. The largest absolute Gasteiger partial charge is 0.305 e. The molecule has 106 valence electrons. The summed E-state index contributed by atoms with van der Waals surface area (Å²) in [6, 6.07) is 4.03. The maximum Gasteiger partial charge on any atom is 0.305 e. The second kappa shape index (κ2) is 5.96. The minimum atomic E-state index is -0.854. The molecule has 2 aromatic rings. The molecule has 8 heteroatoms. The third kappa shape index (κ3) is 2.93. The summed E-state index contributed by atoms with van der Waals surface area (Å²) < 4.78 is 15.3. The van der Waals surface area contributed by atoms with E-state index in [4.69, 9.17) is 11.6 Å². The zero-order chi connectivity index (χ0) is 14.7. The van der Waals surface area contributed by atoms with E-state index < -0.39 is 16.4 Å². The summed E-state index contributed by atoms with van der Waals surface area (Å²) in [5.41, 5.74) is 0.227. The van der Waals surface area contributed by atoms with Gasteiger partial charge in [0.25, 0.3) is 0 Å². The third-order valence-electron chi connectivity index (χ3n) is 2.82. The van der Waals surface area contributed by atoms with E-state index in [1.165, 1.54) is 16.8 Å². The first-order valence-electron chi connectivity index (χ1n) is 5.98. The van der Waals surface area contributed by atoms with E-state index in [0.29, 0.717) is 12.1 Å². The normalized spacial score (nSPS) is 12.3. The van der Waals surface area contributed by atoms with Crippen molar-refractivity contribution in [1.29, 1.82) is 0 Å². The summed E-state index contributed by atoms with van der Waals surface area (Å²) in [6.45, 7) is 1.98. The number of benzene rings is 1. The lowest BCUT2D eigenvalue weighted by Crippen LogP contribution is -2.04. The van der Waals surface area contributed by atoms with Crippen LogP contribution in [0.15, 0.2) is 24.4 Å². The molecule has 0 aliphatic carbocycles. The molecule has 0 bridgehead atoms. The molecule has 1 aromatic carbocycles. The minimum absolute atomic E-state index is 0.0633. The van der Waals surface area contributed by atoms with Crippen molar-refractivity contribution in [3.05, 3.63) is 51.6 Å². The average molecular weight is 299 g/mol. The quantitative estimate of drug-likeness (QED) is 0.483. The van der Waals surface area contributed by atoms with Crippen molar-refractivity contribution in [3.8, 4) is 0 Å². The first-order valence-corrected chi connectivity index (χ1v) is 6.42. The summed E-state index contributed by atoms with van der Waals surface area (Å²) >= 11 is 6.03. The molecular weight excluding hydrogens is 287 g/mol. The van der Waals surface area contributed by atoms with Gasteiger partial charge in [0, 0.05) is 11.6 Å². The van der Waals surface area contributed by atoms with Crippen molar-refractivity contribution < 1.29 is 9.31 Å². The second-order valence-corrected chi connectivity index (χ2v) is 4.75. The molecule has 0 spiro atoms. The summed E-state index contributed by atoms with van der Waals surface area (Å²) in [7, 11) is 0. The Hall–Kier alpha value is -2.02. The fraction of sp³-hybridized carbons (Fsp3) is 0.333. The molecule has 1 atom stereocenters. The van der Waals surface area contributed by atoms with E-state index >= 15 is 0 Å². The summed E-state index contributed by atoms with van der Waals surface area (Å²) in [6.07, 6.45) is 2.31. The molecule has 0 saturated carbocycles. The van der Waals surface area contributed by atoms with E-state index in [1.54, 1.807) is 6.20 Å². The lowest BCUT2D eigenvalue weighted by Gasteiger charge is -2.03. The SMILES string of the molecule is CCC(Cl)c1cn(Cc2cccc([N+](=O)[O-])c2F)nn1. The van der Waals surface area contributed by atoms with Gasteiger partial charge >= 0.3 is 5.69 Å². The van der Waals surface area contributed by atoms with Crippen LogP contribution in [0.1, 0.15) is 30.0 Å². The summed E-state index contributed by atoms with van der Waals surface area (Å²) in [4.78, 5) is 9.92. The highest BCUT2D eigenvalue weighted by Gasteiger charge is 2.18. The smallest absolute Gasteiger partial charge is 0.258 e. The first kappa shape index (κ1) is 14.4. The Balaban J connectivity index is 2.24. The first-order chi connectivity index (χ1) is 9.52. The maximum absolute atomic E-state index is 13.9. The van der Waals surface area contributed by atoms with Gasteiger partial charge in [-0.05, 0) is 6.42 Å². The molecule has 0 amide bonds. The minimum Gasteiger partial charge on any atom is -0.258 e. The van der Waals surface area contributed by atoms with Gasteiger partial charge in [0.2, 0.25) is 5.82 Å². The molecule has 0 fully saturated rings. The number of nitro groups is 1. The van der Waals surface area contributed by atoms with Crippen LogP contribution in [-0.4, -0.2) is 19.9 Å². The standard InChI is InChI=1S/C12H12ClFN4O2/c1-2-9(13)10-7-17(16-15-10)6-8-4-3-5-11(12(8)14)18(19)20/h3-5,7,9H,2,6H2,1H3. The van der Waals surface area contributed by atoms with Crippen molar-refractivity contribution in [2.45, 2.75) is 25.3 Å². The highest BCUT2D eigenvalue weighted by Crippen LogP contribution is 2.23. The van der Waals surface area contributed by atoms with Gasteiger partial charge < -0.3 is 0 Å². The third-order valence-corrected chi connectivity index (χ3v) is 3.36. The number of aromatic nitrogens is 3. The van der Waals surface area contributed by atoms with Crippen LogP contribution >= 0.6 is 11.6 Å². The van der Waals surface area contributed by atoms with Crippen LogP contribution in [0.4, 0.5) is 10.1 Å². The van der Waals surface area contributed by atoms with Crippen LogP contribution in [0.25, 0.3) is 0 Å². The maximum atomic E-state index is 13.9. The Labute approximate surface area is 119 Å². The van der Waals surface area contributed by atoms with E-state index in [-0.39, 0.29) is 17.5 Å². The molecule has 1 heterocycles. The zero-order valence-corrected chi connectivity index (χ0v) is 11.4. The lowest BCUT2D eigenvalue weighted by atomic mass is 10.2. The lowest BCUT2D eigenvalue weighted by molar-refractivity contribution is -0.387. The molecule has 2 rings (SSSR count). The van der Waals surface area contributed by atoms with Gasteiger partial charge in [0.1, 0.15) is 5.69 Å². The van der Waals surface area contributed by atoms with Gasteiger partial charge in [-0.1, -0.05) is 24.3 Å². The Morgan fingerprint density at radius 3 is 2.95 bits per heavy atom. The Morgan fingerprint density at radius 1 is 1.55 bits per heavy atom. The molecule has 0 aliphatic rings. The van der Waals surface area contributed by atoms with Crippen molar-refractivity contribution in [1.82, 2.24) is 15.0 Å². The van der Waals surface area contributed by atoms with Gasteiger partial charge in [0.15, 0.2) is 0 Å². The van der Waals surface area contributed by atoms with E-state index in [0.717, 1.165) is 6.07 Å². The predicted molar refractivity (Wildman–Crippen MR) is 71.1 cm³/mol. The molecule has 0 aliphatic heterocycles. The number of alkyl halides is 1. The highest BCUT2D eigenvalue weighted by atomic mass is 35.5. The molecule has 0 N–H and O–H groups in total. The second-order valence-electron chi connectivity index (χ2n) is 4.22. The Bertz CT molecular complexity index is 632. The number of rotatable bonds is 5. The van der Waals surface area contributed by atoms with Crippen LogP contribution in [0.3, 0.4) is 0 Å². The van der Waals surface area contributed by atoms with Crippen LogP contribution in [0, 0.1) is 15.9 Å². The van der Waals surface area contributed by atoms with Crippen LogP contribution in [0.5, 0.6) is 0 Å². The number of halogens is 2. The van der Waals surface area contributed by atoms with Gasteiger partial charge in [0.05, 0.1) is 23.0 Å². The number of hydrogen-bond acceptors (Lipinski definition) is 4. The fourth-order valence-electron chi connectivity index (χ4n) is 1.75. The Morgan fingerprint density at radius 2 is 2.30 bits per heavy atom. The topological polar surface area (TPSA) is 73.8 Å². The van der Waals surface area contributed by atoms with Crippen LogP contribution in [0.2, 0.25) is 0 Å². The van der Waals surface area contributed by atoms with Gasteiger partial charge in [-0.15, -0.1) is 16.7 Å². The van der Waals surface area contributed by atoms with Crippen molar-refractivity contribution in [3.63, 3.8) is 0 Å². The van der Waals surface area contributed by atoms with Crippen molar-refractivity contribution >= 4 is 17.3 Å². The molecule has 0 radical (unpaired) electrons. The van der Waals surface area contributed by atoms with E-state index in [1.807, 2.05) is 6.92 Å². The summed E-state index contributed by atoms with van der Waals surface area (Å²) in [5.74, 6) is -0.854. The van der Waals surface area contributed by atoms with Gasteiger partial charge in [-0.3, -0.25) is 10.1 Å². The number of hydrogen-bond donors (Lipinski definition) is 0. The van der Waals surface area contributed by atoms with Crippen LogP contribution in [-0.2, 0) is 6.54 Å². The number of nitrogens with zero attached hydrogens (tertiary/aromatic N) is 4. The van der Waals surface area contributed by atoms with Crippen molar-refractivity contribution in [2.75, 3.05) is 0 Å². The highest BCUT2D eigenvalue weighted by molar-refractivity contribution is 6.20.